The predicted molar refractivity (Wildman–Crippen MR) is 15.6 cm³/mol. The molecule has 1 aliphatic heterocycles. The molecule has 0 unspecified atom stereocenters. The van der Waals surface area contributed by atoms with Crippen molar-refractivity contribution >= 4 is 48.9 Å². The Labute approximate surface area is 76.4 Å². The molecule has 0 aromatic carbocycles. The molecule has 6 heavy (non-hydrogen) atoms. The second-order valence-corrected chi connectivity index (χ2v) is 0.618. The van der Waals surface area contributed by atoms with E-state index in [1.165, 1.54) is 0 Å². The molecule has 0 saturated carbocycles. The van der Waals surface area contributed by atoms with E-state index in [4.69, 9.17) is 5.21 Å². The monoisotopic (exact) mass is 219 g/mol. The van der Waals surface area contributed by atoms with Gasteiger partial charge in [-0.25, -0.2) is 0 Å². The Morgan fingerprint density at radius 1 is 1.67 bits per heavy atom. The van der Waals surface area contributed by atoms with Crippen molar-refractivity contribution in [2.75, 3.05) is 0 Å². The Kier molecular flexibility index (Phi) is 2.57. The zero-order valence-electron chi connectivity index (χ0n) is 4.83. The topological polar surface area (TPSA) is 68.3 Å². The maximum absolute atomic E-state index is 9.26. The van der Waals surface area contributed by atoms with Crippen molar-refractivity contribution in [1.29, 1.82) is 0 Å². The molecule has 0 atom stereocenters. The molecule has 1 N–H and O–H groups in total. The van der Waals surface area contributed by atoms with E-state index in [2.05, 4.69) is 9.98 Å². The molecule has 0 spiro atoms. The first-order chi connectivity index (χ1) is 2.21. The van der Waals surface area contributed by atoms with Gasteiger partial charge in [-0.3, -0.25) is 0 Å². The van der Waals surface area contributed by atoms with Gasteiger partial charge in [0.15, 0.2) is 5.14 Å². The third-order valence-electron chi connectivity index (χ3n) is 0.202. The molecule has 1 rings (SSSR count). The van der Waals surface area contributed by atoms with Gasteiger partial charge in [0.05, 0.1) is 0 Å². The van der Waals surface area contributed by atoms with Crippen molar-refractivity contribution in [1.82, 2.24) is 0 Å². The first kappa shape index (κ1) is 7.37. The van der Waals surface area contributed by atoms with Gasteiger partial charge in [-0.15, -0.1) is 5.21 Å². The van der Waals surface area contributed by atoms with Crippen LogP contribution in [0.3, 0.4) is 0 Å². The molecular weight excluding hydrogens is 215 g/mol. The fraction of sp³-hybridized carbons (Fsp3) is 0. The van der Waals surface area contributed by atoms with Crippen LogP contribution >= 0.6 is 0 Å². The summed E-state index contributed by atoms with van der Waals surface area (Å²) in [5, 5.41) is 14.8. The van der Waals surface area contributed by atoms with Gasteiger partial charge in [0.1, 0.15) is 9.98 Å². The summed E-state index contributed by atoms with van der Waals surface area (Å²) in [6.07, 6.45) is 0. The van der Waals surface area contributed by atoms with Crippen molar-refractivity contribution in [3.05, 3.63) is 5.21 Å². The van der Waals surface area contributed by atoms with Crippen LogP contribution in [0.4, 0.5) is 0 Å². The van der Waals surface area contributed by atoms with Gasteiger partial charge in [0.2, 0.25) is 0 Å². The van der Waals surface area contributed by atoms with E-state index >= 15 is 0 Å². The summed E-state index contributed by atoms with van der Waals surface area (Å²) < 4.78 is 0. The molecule has 0 aromatic heterocycles. The summed E-state index contributed by atoms with van der Waals surface area (Å²) in [6, 6.07) is 0. The van der Waals surface area contributed by atoms with Crippen LogP contribution < -0.4 is 0 Å². The van der Waals surface area contributed by atoms with E-state index in [9.17, 15) is 5.21 Å². The summed E-state index contributed by atoms with van der Waals surface area (Å²) in [4.78, 5) is 6.67. The third kappa shape index (κ3) is 2.53. The van der Waals surface area contributed by atoms with Crippen molar-refractivity contribution in [2.24, 2.45) is 0 Å². The van der Waals surface area contributed by atoms with Crippen LogP contribution in [-0.2, 0) is 9.98 Å². The number of nitrogens with zero attached hydrogens (tertiary/aromatic N) is 1. The SMILES string of the molecule is [Ba+2].[H-].[H-].[O-][N+]1(O)OO1. The second-order valence-electron chi connectivity index (χ2n) is 0.618. The van der Waals surface area contributed by atoms with Gasteiger partial charge in [0.25, 0.3) is 0 Å². The van der Waals surface area contributed by atoms with Gasteiger partial charge >= 0.3 is 48.9 Å². The minimum absolute atomic E-state index is 0. The zero-order chi connectivity index (χ0) is 3.91. The summed E-state index contributed by atoms with van der Waals surface area (Å²) in [7, 11) is 0. The van der Waals surface area contributed by atoms with Gasteiger partial charge in [-0.05, 0) is 0 Å². The van der Waals surface area contributed by atoms with Crippen molar-refractivity contribution in [2.45, 2.75) is 0 Å². The van der Waals surface area contributed by atoms with E-state index in [-0.39, 0.29) is 51.7 Å². The molecule has 0 amide bonds. The van der Waals surface area contributed by atoms with Crippen LogP contribution in [-0.4, -0.2) is 59.2 Å². The van der Waals surface area contributed by atoms with Crippen LogP contribution in [0.5, 0.6) is 0 Å². The molecule has 0 radical (unpaired) electrons. The molecule has 0 aromatic rings. The summed E-state index contributed by atoms with van der Waals surface area (Å²) >= 11 is 0. The fourth-order valence-electron chi connectivity index (χ4n) is 0.0285. The quantitative estimate of drug-likeness (QED) is 0.192. The molecule has 6 heteroatoms. The Morgan fingerprint density at radius 2 is 1.83 bits per heavy atom. The number of hydrogen-bond donors (Lipinski definition) is 1. The molecule has 34 valence electrons. The Balaban J connectivity index is -0.0000000833. The summed E-state index contributed by atoms with van der Waals surface area (Å²) in [5.41, 5.74) is 0. The van der Waals surface area contributed by atoms with Crippen LogP contribution in [0, 0.1) is 5.21 Å². The van der Waals surface area contributed by atoms with Crippen molar-refractivity contribution in [3.8, 4) is 0 Å². The van der Waals surface area contributed by atoms with E-state index in [1.807, 2.05) is 0 Å². The Morgan fingerprint density at radius 3 is 1.83 bits per heavy atom. The van der Waals surface area contributed by atoms with Gasteiger partial charge in [0, 0.05) is 0 Å². The normalized spacial score (nSPS) is 25.0. The molecule has 5 nitrogen and oxygen atoms in total. The molecule has 0 aliphatic carbocycles. The largest absolute Gasteiger partial charge is 2.00 e. The summed E-state index contributed by atoms with van der Waals surface area (Å²) in [5.74, 6) is 0. The van der Waals surface area contributed by atoms with Crippen LogP contribution in [0.25, 0.3) is 0 Å². The fourth-order valence-corrected chi connectivity index (χ4v) is 0.0285. The van der Waals surface area contributed by atoms with Gasteiger partial charge < -0.3 is 8.06 Å². The molecule has 0 bridgehead atoms. The number of hydrogen-bond acceptors (Lipinski definition) is 4. The maximum Gasteiger partial charge on any atom is 2.00 e. The molecule has 1 aliphatic rings. The molecular formula is H3BaNO4. The Hall–Kier alpha value is 1.37. The van der Waals surface area contributed by atoms with Crippen LogP contribution in [0.2, 0.25) is 0 Å². The van der Waals surface area contributed by atoms with Gasteiger partial charge in [-0.1, -0.05) is 0 Å². The van der Waals surface area contributed by atoms with Crippen molar-refractivity contribution in [3.63, 3.8) is 0 Å². The third-order valence-corrected chi connectivity index (χ3v) is 0.202. The summed E-state index contributed by atoms with van der Waals surface area (Å²) in [6.45, 7) is 0. The number of quaternary nitrogens is 1. The first-order valence-electron chi connectivity index (χ1n) is 0.914. The van der Waals surface area contributed by atoms with E-state index in [0.717, 1.165) is 0 Å². The standard InChI is InChI=1S/Ba.HNO4.2H/c;2-1(3)4-5-1;;/h;2H;;/q+2;;2*-1. The minimum atomic E-state index is -2.00. The van der Waals surface area contributed by atoms with Gasteiger partial charge in [-0.2, -0.15) is 0 Å². The first-order valence-corrected chi connectivity index (χ1v) is 0.914. The predicted octanol–water partition coefficient (Wildman–Crippen LogP) is -0.674. The van der Waals surface area contributed by atoms with Crippen molar-refractivity contribution < 1.29 is 23.2 Å². The Bertz CT molecular complexity index is 52.0. The minimum Gasteiger partial charge on any atom is -1.00 e. The maximum atomic E-state index is 9.26. The van der Waals surface area contributed by atoms with Crippen LogP contribution in [0.1, 0.15) is 2.85 Å². The van der Waals surface area contributed by atoms with E-state index < -0.39 is 5.14 Å². The zero-order valence-corrected chi connectivity index (χ0v) is 7.27. The average Bonchev–Trinajstić information content (AvgIpc) is 1.76. The van der Waals surface area contributed by atoms with E-state index in [0.29, 0.717) is 0 Å². The second kappa shape index (κ2) is 2.09. The molecule has 1 heterocycles. The molecule has 1 fully saturated rings. The average molecular weight is 218 g/mol. The molecule has 1 saturated heterocycles. The van der Waals surface area contributed by atoms with Crippen LogP contribution in [0.15, 0.2) is 0 Å². The smallest absolute Gasteiger partial charge is 1.00 e. The number of rotatable bonds is 0. The van der Waals surface area contributed by atoms with E-state index in [1.54, 1.807) is 0 Å².